The molecule has 162 valence electrons. The van der Waals surface area contributed by atoms with Crippen LogP contribution in [0, 0.1) is 0 Å². The van der Waals surface area contributed by atoms with Crippen LogP contribution in [-0.2, 0) is 17.4 Å². The average Bonchev–Trinajstić information content (AvgIpc) is 3.23. The topological polar surface area (TPSA) is 62.6 Å². The van der Waals surface area contributed by atoms with E-state index in [9.17, 15) is 22.8 Å². The second-order valence-corrected chi connectivity index (χ2v) is 6.96. The zero-order chi connectivity index (χ0) is 22.6. The SMILES string of the molecule is CCc1ccccc1NC(=O)CN(C)C(=O)c1ccc(-c2cccc(C(F)(F)F)c2)o1. The van der Waals surface area contributed by atoms with Gasteiger partial charge in [-0.25, -0.2) is 0 Å². The third-order valence-corrected chi connectivity index (χ3v) is 4.69. The molecular weight excluding hydrogens is 409 g/mol. The molecule has 0 atom stereocenters. The number of amides is 2. The molecule has 0 aliphatic carbocycles. The number of likely N-dealkylation sites (N-methyl/N-ethyl adjacent to an activating group) is 1. The second kappa shape index (κ2) is 9.07. The number of alkyl halides is 3. The van der Waals surface area contributed by atoms with Crippen molar-refractivity contribution in [3.05, 3.63) is 77.6 Å². The number of nitrogens with zero attached hydrogens (tertiary/aromatic N) is 1. The molecule has 0 fully saturated rings. The van der Waals surface area contributed by atoms with Crippen molar-refractivity contribution in [3.8, 4) is 11.3 Å². The maximum absolute atomic E-state index is 12.9. The second-order valence-electron chi connectivity index (χ2n) is 6.96. The first-order valence-corrected chi connectivity index (χ1v) is 9.59. The summed E-state index contributed by atoms with van der Waals surface area (Å²) in [5.41, 5.74) is 1.04. The van der Waals surface area contributed by atoms with E-state index in [1.165, 1.54) is 36.2 Å². The lowest BCUT2D eigenvalue weighted by Crippen LogP contribution is -2.34. The Kier molecular flexibility index (Phi) is 6.48. The highest BCUT2D eigenvalue weighted by Crippen LogP contribution is 2.32. The first-order valence-electron chi connectivity index (χ1n) is 9.59. The van der Waals surface area contributed by atoms with E-state index in [2.05, 4.69) is 5.32 Å². The number of hydrogen-bond acceptors (Lipinski definition) is 3. The maximum Gasteiger partial charge on any atom is 0.416 e. The number of halogens is 3. The number of anilines is 1. The van der Waals surface area contributed by atoms with E-state index >= 15 is 0 Å². The lowest BCUT2D eigenvalue weighted by Gasteiger charge is -2.16. The van der Waals surface area contributed by atoms with Crippen LogP contribution in [0.2, 0.25) is 0 Å². The molecule has 0 radical (unpaired) electrons. The van der Waals surface area contributed by atoms with E-state index in [0.717, 1.165) is 24.1 Å². The van der Waals surface area contributed by atoms with Crippen molar-refractivity contribution in [3.63, 3.8) is 0 Å². The molecule has 0 saturated carbocycles. The molecule has 5 nitrogen and oxygen atoms in total. The fourth-order valence-electron chi connectivity index (χ4n) is 3.07. The Bertz CT molecular complexity index is 1090. The summed E-state index contributed by atoms with van der Waals surface area (Å²) >= 11 is 0. The predicted molar refractivity (Wildman–Crippen MR) is 111 cm³/mol. The van der Waals surface area contributed by atoms with Crippen LogP contribution in [0.25, 0.3) is 11.3 Å². The number of hydrogen-bond donors (Lipinski definition) is 1. The van der Waals surface area contributed by atoms with E-state index in [-0.39, 0.29) is 29.5 Å². The number of rotatable bonds is 6. The molecule has 3 aromatic rings. The molecule has 2 aromatic carbocycles. The van der Waals surface area contributed by atoms with E-state index in [4.69, 9.17) is 4.42 Å². The van der Waals surface area contributed by atoms with Crippen molar-refractivity contribution in [2.45, 2.75) is 19.5 Å². The van der Waals surface area contributed by atoms with Crippen LogP contribution in [0.1, 0.15) is 28.6 Å². The predicted octanol–water partition coefficient (Wildman–Crippen LogP) is 5.24. The van der Waals surface area contributed by atoms with Gasteiger partial charge in [-0.15, -0.1) is 0 Å². The minimum Gasteiger partial charge on any atom is -0.451 e. The number of furan rings is 1. The van der Waals surface area contributed by atoms with Crippen LogP contribution in [0.3, 0.4) is 0 Å². The molecule has 0 aliphatic rings. The number of benzene rings is 2. The van der Waals surface area contributed by atoms with E-state index in [0.29, 0.717) is 5.69 Å². The number of carbonyl (C=O) groups is 2. The van der Waals surface area contributed by atoms with Crippen molar-refractivity contribution in [1.82, 2.24) is 4.90 Å². The zero-order valence-electron chi connectivity index (χ0n) is 17.0. The lowest BCUT2D eigenvalue weighted by atomic mass is 10.1. The molecule has 0 bridgehead atoms. The Hall–Kier alpha value is -3.55. The maximum atomic E-state index is 12.9. The molecule has 1 N–H and O–H groups in total. The lowest BCUT2D eigenvalue weighted by molar-refractivity contribution is -0.137. The minimum atomic E-state index is -4.48. The summed E-state index contributed by atoms with van der Waals surface area (Å²) in [6, 6.07) is 14.8. The fraction of sp³-hybridized carbons (Fsp3) is 0.217. The Balaban J connectivity index is 1.68. The van der Waals surface area contributed by atoms with Gasteiger partial charge < -0.3 is 14.6 Å². The summed E-state index contributed by atoms with van der Waals surface area (Å²) in [7, 11) is 1.44. The molecule has 3 rings (SSSR count). The Labute approximate surface area is 177 Å². The Morgan fingerprint density at radius 2 is 1.77 bits per heavy atom. The van der Waals surface area contributed by atoms with Crippen molar-refractivity contribution >= 4 is 17.5 Å². The molecule has 0 spiro atoms. The largest absolute Gasteiger partial charge is 0.451 e. The zero-order valence-corrected chi connectivity index (χ0v) is 17.0. The number of para-hydroxylation sites is 1. The molecule has 0 unspecified atom stereocenters. The summed E-state index contributed by atoms with van der Waals surface area (Å²) in [5, 5.41) is 2.78. The highest BCUT2D eigenvalue weighted by Gasteiger charge is 2.30. The van der Waals surface area contributed by atoms with Gasteiger partial charge in [-0.2, -0.15) is 13.2 Å². The standard InChI is InChI=1S/C23H21F3N2O3/c1-3-15-7-4-5-10-18(15)27-21(29)14-28(2)22(30)20-12-11-19(31-20)16-8-6-9-17(13-16)23(24,25)26/h4-13H,3,14H2,1-2H3,(H,27,29). The number of carbonyl (C=O) groups excluding carboxylic acids is 2. The summed E-state index contributed by atoms with van der Waals surface area (Å²) < 4.78 is 44.2. The van der Waals surface area contributed by atoms with Gasteiger partial charge in [0.1, 0.15) is 5.76 Å². The van der Waals surface area contributed by atoms with Gasteiger partial charge in [-0.05, 0) is 42.3 Å². The third-order valence-electron chi connectivity index (χ3n) is 4.69. The monoisotopic (exact) mass is 430 g/mol. The minimum absolute atomic E-state index is 0.0725. The molecule has 31 heavy (non-hydrogen) atoms. The van der Waals surface area contributed by atoms with Gasteiger partial charge in [0.05, 0.1) is 12.1 Å². The van der Waals surface area contributed by atoms with Crippen molar-refractivity contribution < 1.29 is 27.2 Å². The Morgan fingerprint density at radius 1 is 1.03 bits per heavy atom. The third kappa shape index (κ3) is 5.33. The van der Waals surface area contributed by atoms with Gasteiger partial charge in [0, 0.05) is 18.3 Å². The summed E-state index contributed by atoms with van der Waals surface area (Å²) in [4.78, 5) is 26.1. The number of aryl methyl sites for hydroxylation is 1. The molecule has 1 aromatic heterocycles. The van der Waals surface area contributed by atoms with Gasteiger partial charge in [0.15, 0.2) is 5.76 Å². The van der Waals surface area contributed by atoms with Crippen LogP contribution in [-0.4, -0.2) is 30.3 Å². The van der Waals surface area contributed by atoms with Crippen LogP contribution >= 0.6 is 0 Å². The molecule has 8 heteroatoms. The molecular formula is C23H21F3N2O3. The van der Waals surface area contributed by atoms with E-state index < -0.39 is 17.6 Å². The van der Waals surface area contributed by atoms with Gasteiger partial charge in [0.25, 0.3) is 5.91 Å². The summed E-state index contributed by atoms with van der Waals surface area (Å²) in [6.07, 6.45) is -3.73. The van der Waals surface area contributed by atoms with Gasteiger partial charge in [0.2, 0.25) is 5.91 Å². The van der Waals surface area contributed by atoms with Gasteiger partial charge in [-0.1, -0.05) is 37.3 Å². The molecule has 2 amide bonds. The van der Waals surface area contributed by atoms with Crippen molar-refractivity contribution in [1.29, 1.82) is 0 Å². The highest BCUT2D eigenvalue weighted by atomic mass is 19.4. The highest BCUT2D eigenvalue weighted by molar-refractivity contribution is 5.98. The van der Waals surface area contributed by atoms with Gasteiger partial charge in [-0.3, -0.25) is 9.59 Å². The van der Waals surface area contributed by atoms with Crippen LogP contribution in [0.4, 0.5) is 18.9 Å². The van der Waals surface area contributed by atoms with Crippen LogP contribution in [0.15, 0.2) is 65.1 Å². The quantitative estimate of drug-likeness (QED) is 0.582. The Morgan fingerprint density at radius 3 is 2.48 bits per heavy atom. The van der Waals surface area contributed by atoms with Crippen molar-refractivity contribution in [2.24, 2.45) is 0 Å². The normalized spacial score (nSPS) is 11.3. The number of nitrogens with one attached hydrogen (secondary N) is 1. The first-order chi connectivity index (χ1) is 14.7. The van der Waals surface area contributed by atoms with E-state index in [1.54, 1.807) is 6.07 Å². The summed E-state index contributed by atoms with van der Waals surface area (Å²) in [6.45, 7) is 1.76. The van der Waals surface area contributed by atoms with Crippen molar-refractivity contribution in [2.75, 3.05) is 18.9 Å². The average molecular weight is 430 g/mol. The smallest absolute Gasteiger partial charge is 0.416 e. The fourth-order valence-corrected chi connectivity index (χ4v) is 3.07. The molecule has 1 heterocycles. The first kappa shape index (κ1) is 22.1. The molecule has 0 aliphatic heterocycles. The van der Waals surface area contributed by atoms with E-state index in [1.807, 2.05) is 25.1 Å². The van der Waals surface area contributed by atoms with Crippen LogP contribution in [0.5, 0.6) is 0 Å². The molecule has 0 saturated heterocycles. The van der Waals surface area contributed by atoms with Gasteiger partial charge >= 0.3 is 6.18 Å². The van der Waals surface area contributed by atoms with Crippen LogP contribution < -0.4 is 5.32 Å². The summed E-state index contributed by atoms with van der Waals surface area (Å²) in [5.74, 6) is -0.876.